The maximum absolute atomic E-state index is 11.0. The lowest BCUT2D eigenvalue weighted by atomic mass is 10.0. The monoisotopic (exact) mass is 259 g/mol. The molecule has 1 heterocycles. The summed E-state index contributed by atoms with van der Waals surface area (Å²) in [7, 11) is 0. The highest BCUT2D eigenvalue weighted by atomic mass is 32.1. The second kappa shape index (κ2) is 5.44. The van der Waals surface area contributed by atoms with Gasteiger partial charge >= 0.3 is 0 Å². The van der Waals surface area contributed by atoms with Gasteiger partial charge in [-0.25, -0.2) is 4.98 Å². The molecule has 0 fully saturated rings. The maximum Gasteiger partial charge on any atom is 0.136 e. The van der Waals surface area contributed by atoms with E-state index < -0.39 is 0 Å². The van der Waals surface area contributed by atoms with Crippen LogP contribution in [0.2, 0.25) is 0 Å². The second-order valence-electron chi connectivity index (χ2n) is 4.78. The van der Waals surface area contributed by atoms with Crippen molar-refractivity contribution in [2.45, 2.75) is 33.1 Å². The zero-order chi connectivity index (χ0) is 13.1. The molecule has 1 aromatic carbocycles. The highest BCUT2D eigenvalue weighted by Crippen LogP contribution is 2.24. The molecule has 0 atom stereocenters. The molecule has 0 amide bonds. The van der Waals surface area contributed by atoms with Gasteiger partial charge in [-0.15, -0.1) is 11.3 Å². The summed E-state index contributed by atoms with van der Waals surface area (Å²) in [5.41, 5.74) is 3.41. The molecule has 0 radical (unpaired) electrons. The second-order valence-corrected chi connectivity index (χ2v) is 5.72. The summed E-state index contributed by atoms with van der Waals surface area (Å²) in [5, 5.41) is 2.91. The van der Waals surface area contributed by atoms with Crippen LogP contribution in [-0.2, 0) is 11.2 Å². The standard InChI is InChI=1S/C15H17NOS/c1-10(2)12-4-6-13(7-5-12)14-9-18-15(16-14)8-11(3)17/h4-7,9-10H,8H2,1-3H3. The largest absolute Gasteiger partial charge is 0.300 e. The van der Waals surface area contributed by atoms with Crippen LogP contribution in [0.1, 0.15) is 37.3 Å². The molecule has 0 aliphatic carbocycles. The number of thiazole rings is 1. The molecule has 94 valence electrons. The maximum atomic E-state index is 11.0. The topological polar surface area (TPSA) is 30.0 Å². The molecular formula is C15H17NOS. The highest BCUT2D eigenvalue weighted by molar-refractivity contribution is 7.10. The summed E-state index contributed by atoms with van der Waals surface area (Å²) < 4.78 is 0. The van der Waals surface area contributed by atoms with Gasteiger partial charge in [0, 0.05) is 10.9 Å². The highest BCUT2D eigenvalue weighted by Gasteiger charge is 2.07. The summed E-state index contributed by atoms with van der Waals surface area (Å²) in [6, 6.07) is 8.48. The smallest absolute Gasteiger partial charge is 0.136 e. The molecule has 2 nitrogen and oxygen atoms in total. The van der Waals surface area contributed by atoms with E-state index >= 15 is 0 Å². The Bertz CT molecular complexity index is 540. The SMILES string of the molecule is CC(=O)Cc1nc(-c2ccc(C(C)C)cc2)cs1. The number of Topliss-reactive ketones (excluding diaryl/α,β-unsaturated/α-hetero) is 1. The molecule has 0 saturated heterocycles. The van der Waals surface area contributed by atoms with Crippen LogP contribution in [0.25, 0.3) is 11.3 Å². The minimum absolute atomic E-state index is 0.158. The minimum Gasteiger partial charge on any atom is -0.300 e. The van der Waals surface area contributed by atoms with Crippen LogP contribution < -0.4 is 0 Å². The predicted octanol–water partition coefficient (Wildman–Crippen LogP) is 4.07. The van der Waals surface area contributed by atoms with Gasteiger partial charge in [-0.2, -0.15) is 0 Å². The van der Waals surface area contributed by atoms with Crippen molar-refractivity contribution in [1.29, 1.82) is 0 Å². The number of benzene rings is 1. The molecule has 3 heteroatoms. The fraction of sp³-hybridized carbons (Fsp3) is 0.333. The molecule has 0 N–H and O–H groups in total. The molecule has 0 saturated carbocycles. The van der Waals surface area contributed by atoms with Gasteiger partial charge in [0.2, 0.25) is 0 Å². The van der Waals surface area contributed by atoms with Gasteiger partial charge < -0.3 is 0 Å². The van der Waals surface area contributed by atoms with Crippen LogP contribution in [0.4, 0.5) is 0 Å². The Kier molecular flexibility index (Phi) is 3.92. The third-order valence-electron chi connectivity index (χ3n) is 2.83. The first kappa shape index (κ1) is 13.0. The van der Waals surface area contributed by atoms with Crippen molar-refractivity contribution >= 4 is 17.1 Å². The number of carbonyl (C=O) groups excluding carboxylic acids is 1. The van der Waals surface area contributed by atoms with Crippen LogP contribution in [-0.4, -0.2) is 10.8 Å². The Balaban J connectivity index is 2.20. The fourth-order valence-electron chi connectivity index (χ4n) is 1.78. The van der Waals surface area contributed by atoms with Crippen LogP contribution >= 0.6 is 11.3 Å². The number of hydrogen-bond donors (Lipinski definition) is 0. The third-order valence-corrected chi connectivity index (χ3v) is 3.67. The van der Waals surface area contributed by atoms with Crippen molar-refractivity contribution in [2.75, 3.05) is 0 Å². The van der Waals surface area contributed by atoms with E-state index in [4.69, 9.17) is 0 Å². The van der Waals surface area contributed by atoms with E-state index in [1.54, 1.807) is 18.3 Å². The van der Waals surface area contributed by atoms with Crippen molar-refractivity contribution < 1.29 is 4.79 Å². The van der Waals surface area contributed by atoms with E-state index in [0.717, 1.165) is 16.3 Å². The summed E-state index contributed by atoms with van der Waals surface area (Å²) >= 11 is 1.55. The Labute approximate surface area is 112 Å². The Morgan fingerprint density at radius 3 is 2.50 bits per heavy atom. The van der Waals surface area contributed by atoms with Gasteiger partial charge in [0.05, 0.1) is 12.1 Å². The normalized spacial score (nSPS) is 10.9. The van der Waals surface area contributed by atoms with Gasteiger partial charge in [0.1, 0.15) is 10.8 Å². The average molecular weight is 259 g/mol. The molecule has 0 spiro atoms. The Hall–Kier alpha value is -1.48. The molecule has 0 aliphatic rings. The summed E-state index contributed by atoms with van der Waals surface area (Å²) in [6.45, 7) is 5.96. The van der Waals surface area contributed by atoms with Crippen LogP contribution in [0.3, 0.4) is 0 Å². The number of hydrogen-bond acceptors (Lipinski definition) is 3. The average Bonchev–Trinajstić information content (AvgIpc) is 2.76. The first-order valence-electron chi connectivity index (χ1n) is 6.10. The van der Waals surface area contributed by atoms with Crippen molar-refractivity contribution in [3.8, 4) is 11.3 Å². The van der Waals surface area contributed by atoms with Crippen molar-refractivity contribution in [1.82, 2.24) is 4.98 Å². The Morgan fingerprint density at radius 2 is 1.94 bits per heavy atom. The van der Waals surface area contributed by atoms with Gasteiger partial charge in [0.25, 0.3) is 0 Å². The molecule has 18 heavy (non-hydrogen) atoms. The van der Waals surface area contributed by atoms with Crippen LogP contribution in [0.15, 0.2) is 29.6 Å². The van der Waals surface area contributed by atoms with Crippen LogP contribution in [0, 0.1) is 0 Å². The number of aromatic nitrogens is 1. The number of carbonyl (C=O) groups is 1. The molecule has 2 aromatic rings. The van der Waals surface area contributed by atoms with Gasteiger partial charge in [0.15, 0.2) is 0 Å². The Morgan fingerprint density at radius 1 is 1.28 bits per heavy atom. The van der Waals surface area contributed by atoms with E-state index in [1.165, 1.54) is 5.56 Å². The third kappa shape index (κ3) is 3.05. The van der Waals surface area contributed by atoms with Gasteiger partial charge in [-0.05, 0) is 18.4 Å². The lowest BCUT2D eigenvalue weighted by Gasteiger charge is -2.05. The lowest BCUT2D eigenvalue weighted by molar-refractivity contribution is -0.116. The minimum atomic E-state index is 0.158. The van der Waals surface area contributed by atoms with Crippen LogP contribution in [0.5, 0.6) is 0 Å². The van der Waals surface area contributed by atoms with Gasteiger partial charge in [-0.3, -0.25) is 4.79 Å². The molecule has 0 unspecified atom stereocenters. The van der Waals surface area contributed by atoms with Crippen molar-refractivity contribution in [2.24, 2.45) is 0 Å². The van der Waals surface area contributed by atoms with Crippen molar-refractivity contribution in [3.05, 3.63) is 40.2 Å². The summed E-state index contributed by atoms with van der Waals surface area (Å²) in [4.78, 5) is 15.5. The zero-order valence-corrected chi connectivity index (χ0v) is 11.8. The number of ketones is 1. The van der Waals surface area contributed by atoms with Crippen molar-refractivity contribution in [3.63, 3.8) is 0 Å². The summed E-state index contributed by atoms with van der Waals surface area (Å²) in [5.74, 6) is 0.703. The molecule has 2 rings (SSSR count). The van der Waals surface area contributed by atoms with E-state index in [0.29, 0.717) is 12.3 Å². The lowest BCUT2D eigenvalue weighted by Crippen LogP contribution is -1.95. The molecule has 0 bridgehead atoms. The predicted molar refractivity (Wildman–Crippen MR) is 76.0 cm³/mol. The van der Waals surface area contributed by atoms with E-state index in [1.807, 2.05) is 5.38 Å². The van der Waals surface area contributed by atoms with Gasteiger partial charge in [-0.1, -0.05) is 38.1 Å². The van der Waals surface area contributed by atoms with E-state index in [-0.39, 0.29) is 5.78 Å². The fourth-order valence-corrected chi connectivity index (χ4v) is 2.65. The molecule has 0 aliphatic heterocycles. The first-order chi connectivity index (χ1) is 8.56. The molecular weight excluding hydrogens is 242 g/mol. The first-order valence-corrected chi connectivity index (χ1v) is 6.98. The van der Waals surface area contributed by atoms with E-state index in [2.05, 4.69) is 43.1 Å². The summed E-state index contributed by atoms with van der Waals surface area (Å²) in [6.07, 6.45) is 0.439. The quantitative estimate of drug-likeness (QED) is 0.828. The zero-order valence-electron chi connectivity index (χ0n) is 10.9. The molecule has 1 aromatic heterocycles. The number of rotatable bonds is 4. The number of nitrogens with zero attached hydrogens (tertiary/aromatic N) is 1. The van der Waals surface area contributed by atoms with E-state index in [9.17, 15) is 4.79 Å².